The lowest BCUT2D eigenvalue weighted by Gasteiger charge is -2.18. The van der Waals surface area contributed by atoms with Crippen molar-refractivity contribution >= 4 is 18.0 Å². The molecule has 2 atom stereocenters. The van der Waals surface area contributed by atoms with Crippen LogP contribution < -0.4 is 10.6 Å². The molecule has 8 nitrogen and oxygen atoms in total. The van der Waals surface area contributed by atoms with Gasteiger partial charge in [-0.25, -0.2) is 9.59 Å². The number of carboxylic acids is 1. The summed E-state index contributed by atoms with van der Waals surface area (Å²) in [6.07, 6.45) is -0.803. The van der Waals surface area contributed by atoms with E-state index in [1.807, 2.05) is 48.5 Å². The van der Waals surface area contributed by atoms with Crippen LogP contribution in [0.3, 0.4) is 0 Å². The largest absolute Gasteiger partial charge is 0.480 e. The molecule has 2 aromatic carbocycles. The first-order valence-corrected chi connectivity index (χ1v) is 9.65. The van der Waals surface area contributed by atoms with E-state index in [9.17, 15) is 14.4 Å². The number of carbonyl (C=O) groups excluding carboxylic acids is 2. The van der Waals surface area contributed by atoms with Crippen molar-refractivity contribution in [1.82, 2.24) is 10.6 Å². The summed E-state index contributed by atoms with van der Waals surface area (Å²) < 4.78 is 5.42. The van der Waals surface area contributed by atoms with Crippen molar-refractivity contribution in [3.63, 3.8) is 0 Å². The fraction of sp³-hybridized carbons (Fsp3) is 0.318. The SMILES string of the molecule is CC(CC(=O)N[C@@H](CO)C(=O)O)NC(=O)OCC1c2ccccc2-c2ccccc21. The number of benzene rings is 2. The molecule has 0 saturated carbocycles. The monoisotopic (exact) mass is 412 g/mol. The summed E-state index contributed by atoms with van der Waals surface area (Å²) in [5.41, 5.74) is 4.46. The van der Waals surface area contributed by atoms with Gasteiger partial charge in [0, 0.05) is 18.4 Å². The zero-order valence-electron chi connectivity index (χ0n) is 16.5. The van der Waals surface area contributed by atoms with Gasteiger partial charge >= 0.3 is 12.1 Å². The van der Waals surface area contributed by atoms with E-state index >= 15 is 0 Å². The highest BCUT2D eigenvalue weighted by Crippen LogP contribution is 2.44. The van der Waals surface area contributed by atoms with Crippen LogP contribution >= 0.6 is 0 Å². The van der Waals surface area contributed by atoms with Crippen molar-refractivity contribution in [1.29, 1.82) is 0 Å². The molecule has 4 N–H and O–H groups in total. The predicted octanol–water partition coefficient (Wildman–Crippen LogP) is 1.87. The first-order valence-electron chi connectivity index (χ1n) is 9.65. The lowest BCUT2D eigenvalue weighted by atomic mass is 9.98. The highest BCUT2D eigenvalue weighted by atomic mass is 16.5. The molecule has 2 amide bonds. The third kappa shape index (κ3) is 4.77. The molecule has 158 valence electrons. The van der Waals surface area contributed by atoms with Gasteiger partial charge in [-0.2, -0.15) is 0 Å². The van der Waals surface area contributed by atoms with Crippen molar-refractivity contribution in [2.45, 2.75) is 31.3 Å². The molecule has 0 saturated heterocycles. The number of carboxylic acid groups (broad SMARTS) is 1. The maximum Gasteiger partial charge on any atom is 0.407 e. The maximum absolute atomic E-state index is 12.2. The van der Waals surface area contributed by atoms with Crippen molar-refractivity contribution in [3.8, 4) is 11.1 Å². The second-order valence-electron chi connectivity index (χ2n) is 7.22. The fourth-order valence-corrected chi connectivity index (χ4v) is 3.61. The summed E-state index contributed by atoms with van der Waals surface area (Å²) in [4.78, 5) is 34.9. The molecule has 1 unspecified atom stereocenters. The minimum Gasteiger partial charge on any atom is -0.480 e. The highest BCUT2D eigenvalue weighted by Gasteiger charge is 2.29. The van der Waals surface area contributed by atoms with Crippen LogP contribution in [-0.2, 0) is 14.3 Å². The van der Waals surface area contributed by atoms with Crippen molar-refractivity contribution in [2.24, 2.45) is 0 Å². The number of aliphatic carboxylic acids is 1. The Bertz CT molecular complexity index is 899. The zero-order chi connectivity index (χ0) is 21.7. The molecule has 2 aromatic rings. The lowest BCUT2D eigenvalue weighted by Crippen LogP contribution is -2.45. The predicted molar refractivity (Wildman–Crippen MR) is 109 cm³/mol. The van der Waals surface area contributed by atoms with Crippen molar-refractivity contribution < 1.29 is 29.3 Å². The summed E-state index contributed by atoms with van der Waals surface area (Å²) in [7, 11) is 0. The molecule has 0 aliphatic heterocycles. The summed E-state index contributed by atoms with van der Waals surface area (Å²) >= 11 is 0. The third-order valence-electron chi connectivity index (χ3n) is 5.02. The molecular formula is C22H24N2O6. The second-order valence-corrected chi connectivity index (χ2v) is 7.22. The third-order valence-corrected chi connectivity index (χ3v) is 5.02. The number of rotatable bonds is 8. The van der Waals surface area contributed by atoms with Crippen LogP contribution in [0.4, 0.5) is 4.79 Å². The van der Waals surface area contributed by atoms with Gasteiger partial charge in [-0.1, -0.05) is 48.5 Å². The molecule has 0 spiro atoms. The highest BCUT2D eigenvalue weighted by molar-refractivity contribution is 5.84. The van der Waals surface area contributed by atoms with Gasteiger partial charge in [-0.05, 0) is 29.2 Å². The van der Waals surface area contributed by atoms with Crippen LogP contribution in [0.5, 0.6) is 0 Å². The van der Waals surface area contributed by atoms with E-state index in [2.05, 4.69) is 10.6 Å². The molecule has 8 heteroatoms. The molecule has 30 heavy (non-hydrogen) atoms. The normalized spacial score (nSPS) is 14.2. The van der Waals surface area contributed by atoms with Crippen molar-refractivity contribution in [3.05, 3.63) is 59.7 Å². The minimum absolute atomic E-state index is 0.0670. The van der Waals surface area contributed by atoms with E-state index in [1.165, 1.54) is 0 Å². The van der Waals surface area contributed by atoms with E-state index < -0.39 is 36.7 Å². The van der Waals surface area contributed by atoms with E-state index in [0.29, 0.717) is 0 Å². The van der Waals surface area contributed by atoms with E-state index in [0.717, 1.165) is 22.3 Å². The average Bonchev–Trinajstić information content (AvgIpc) is 3.04. The van der Waals surface area contributed by atoms with Crippen LogP contribution in [0.25, 0.3) is 11.1 Å². The number of hydrogen-bond donors (Lipinski definition) is 4. The van der Waals surface area contributed by atoms with Gasteiger partial charge in [0.2, 0.25) is 5.91 Å². The summed E-state index contributed by atoms with van der Waals surface area (Å²) in [6.45, 7) is 1.05. The second kappa shape index (κ2) is 9.41. The van der Waals surface area contributed by atoms with Gasteiger partial charge in [0.05, 0.1) is 6.61 Å². The number of carbonyl (C=O) groups is 3. The smallest absolute Gasteiger partial charge is 0.407 e. The summed E-state index contributed by atoms with van der Waals surface area (Å²) in [5, 5.41) is 22.6. The Morgan fingerprint density at radius 1 is 1.00 bits per heavy atom. The number of aliphatic hydroxyl groups is 1. The van der Waals surface area contributed by atoms with Crippen LogP contribution in [-0.4, -0.2) is 53.5 Å². The molecule has 1 aliphatic carbocycles. The minimum atomic E-state index is -1.38. The Morgan fingerprint density at radius 3 is 2.10 bits per heavy atom. The lowest BCUT2D eigenvalue weighted by molar-refractivity contribution is -0.143. The molecule has 0 aromatic heterocycles. The van der Waals surface area contributed by atoms with Gasteiger partial charge in [-0.15, -0.1) is 0 Å². The van der Waals surface area contributed by atoms with Crippen molar-refractivity contribution in [2.75, 3.05) is 13.2 Å². The number of ether oxygens (including phenoxy) is 1. The molecule has 0 heterocycles. The molecule has 0 fully saturated rings. The first-order chi connectivity index (χ1) is 14.4. The van der Waals surface area contributed by atoms with E-state index in [1.54, 1.807) is 6.92 Å². The number of hydrogen-bond acceptors (Lipinski definition) is 5. The maximum atomic E-state index is 12.2. The number of alkyl carbamates (subject to hydrolysis) is 1. The molecule has 0 bridgehead atoms. The first kappa shape index (κ1) is 21.3. The Balaban J connectivity index is 1.54. The van der Waals surface area contributed by atoms with Crippen LogP contribution in [0, 0.1) is 0 Å². The Labute approximate surface area is 173 Å². The zero-order valence-corrected chi connectivity index (χ0v) is 16.5. The standard InChI is InChI=1S/C22H24N2O6/c1-13(10-20(26)24-19(11-25)21(27)28)23-22(29)30-12-18-16-8-4-2-6-14(16)15-7-3-5-9-17(15)18/h2-9,13,18-19,25H,10-12H2,1H3,(H,23,29)(H,24,26)(H,27,28)/t13?,19-/m0/s1. The Hall–Kier alpha value is -3.39. The fourth-order valence-electron chi connectivity index (χ4n) is 3.61. The van der Waals surface area contributed by atoms with Crippen LogP contribution in [0.2, 0.25) is 0 Å². The van der Waals surface area contributed by atoms with Gasteiger partial charge in [0.25, 0.3) is 0 Å². The summed E-state index contributed by atoms with van der Waals surface area (Å²) in [6, 6.07) is 14.0. The van der Waals surface area contributed by atoms with Gasteiger partial charge in [0.15, 0.2) is 0 Å². The van der Waals surface area contributed by atoms with Gasteiger partial charge in [-0.3, -0.25) is 4.79 Å². The molecular weight excluding hydrogens is 388 g/mol. The summed E-state index contributed by atoms with van der Waals surface area (Å²) in [5.74, 6) is -1.99. The van der Waals surface area contributed by atoms with Gasteiger partial charge < -0.3 is 25.6 Å². The van der Waals surface area contributed by atoms with E-state index in [4.69, 9.17) is 14.9 Å². The van der Waals surface area contributed by atoms with Crippen LogP contribution in [0.15, 0.2) is 48.5 Å². The molecule has 1 aliphatic rings. The molecule has 3 rings (SSSR count). The van der Waals surface area contributed by atoms with Gasteiger partial charge in [0.1, 0.15) is 12.6 Å². The number of fused-ring (bicyclic) bond motifs is 3. The number of nitrogens with one attached hydrogen (secondary N) is 2. The topological polar surface area (TPSA) is 125 Å². The quantitative estimate of drug-likeness (QED) is 0.525. The van der Waals surface area contributed by atoms with Crippen LogP contribution in [0.1, 0.15) is 30.4 Å². The Morgan fingerprint density at radius 2 is 1.57 bits per heavy atom. The number of aliphatic hydroxyl groups excluding tert-OH is 1. The average molecular weight is 412 g/mol. The molecule has 0 radical (unpaired) electrons. The van der Waals surface area contributed by atoms with E-state index in [-0.39, 0.29) is 18.9 Å². The Kier molecular flexibility index (Phi) is 6.68. The number of amides is 2.